The predicted octanol–water partition coefficient (Wildman–Crippen LogP) is 1.92. The van der Waals surface area contributed by atoms with E-state index in [1.807, 2.05) is 19.2 Å². The molecular formula is C14H18N4O. The van der Waals surface area contributed by atoms with Crippen molar-refractivity contribution in [3.05, 3.63) is 47.5 Å². The van der Waals surface area contributed by atoms with Crippen LogP contribution in [0.15, 0.2) is 30.6 Å². The van der Waals surface area contributed by atoms with E-state index in [4.69, 9.17) is 5.73 Å². The minimum Gasteiger partial charge on any atom is -0.378 e. The fraction of sp³-hybridized carbons (Fsp3) is 0.286. The van der Waals surface area contributed by atoms with Crippen molar-refractivity contribution >= 4 is 11.6 Å². The molecule has 0 unspecified atom stereocenters. The Morgan fingerprint density at radius 2 is 2.26 bits per heavy atom. The lowest BCUT2D eigenvalue weighted by molar-refractivity contribution is 0.1000. The highest BCUT2D eigenvalue weighted by atomic mass is 16.1. The van der Waals surface area contributed by atoms with Crippen LogP contribution in [0.5, 0.6) is 0 Å². The summed E-state index contributed by atoms with van der Waals surface area (Å²) in [6.07, 6.45) is 3.75. The predicted molar refractivity (Wildman–Crippen MR) is 74.9 cm³/mol. The van der Waals surface area contributed by atoms with E-state index in [1.54, 1.807) is 18.3 Å². The molecule has 0 aliphatic carbocycles. The maximum atomic E-state index is 11.1. The fourth-order valence-electron chi connectivity index (χ4n) is 1.98. The largest absolute Gasteiger partial charge is 0.378 e. The molecule has 3 N–H and O–H groups in total. The van der Waals surface area contributed by atoms with Gasteiger partial charge in [0.15, 0.2) is 0 Å². The SMILES string of the molecule is CCn1ccnc1CNc1ccc(C(N)=O)cc1C. The number of primary amides is 1. The zero-order valence-electron chi connectivity index (χ0n) is 11.2. The fourth-order valence-corrected chi connectivity index (χ4v) is 1.98. The molecule has 1 heterocycles. The molecule has 5 heteroatoms. The number of nitrogens with two attached hydrogens (primary N) is 1. The standard InChI is InChI=1S/C14H18N4O/c1-3-18-7-6-16-13(18)9-17-12-5-4-11(14(15)19)8-10(12)2/h4-8,17H,3,9H2,1-2H3,(H2,15,19). The maximum Gasteiger partial charge on any atom is 0.248 e. The van der Waals surface area contributed by atoms with E-state index < -0.39 is 5.91 Å². The van der Waals surface area contributed by atoms with Crippen molar-refractivity contribution in [1.82, 2.24) is 9.55 Å². The van der Waals surface area contributed by atoms with Gasteiger partial charge in [0, 0.05) is 30.2 Å². The molecule has 2 rings (SSSR count). The zero-order chi connectivity index (χ0) is 13.8. The van der Waals surface area contributed by atoms with Crippen LogP contribution < -0.4 is 11.1 Å². The number of hydrogen-bond acceptors (Lipinski definition) is 3. The summed E-state index contributed by atoms with van der Waals surface area (Å²) in [5.41, 5.74) is 7.75. The number of aromatic nitrogens is 2. The van der Waals surface area contributed by atoms with Crippen LogP contribution in [0.1, 0.15) is 28.7 Å². The van der Waals surface area contributed by atoms with Gasteiger partial charge < -0.3 is 15.6 Å². The van der Waals surface area contributed by atoms with E-state index in [1.165, 1.54) is 0 Å². The summed E-state index contributed by atoms with van der Waals surface area (Å²) in [4.78, 5) is 15.4. The van der Waals surface area contributed by atoms with Gasteiger partial charge in [0.1, 0.15) is 5.82 Å². The van der Waals surface area contributed by atoms with Gasteiger partial charge in [-0.3, -0.25) is 4.79 Å². The normalized spacial score (nSPS) is 10.4. The van der Waals surface area contributed by atoms with Crippen molar-refractivity contribution < 1.29 is 4.79 Å². The van der Waals surface area contributed by atoms with Crippen molar-refractivity contribution in [2.24, 2.45) is 5.73 Å². The van der Waals surface area contributed by atoms with Crippen molar-refractivity contribution in [3.8, 4) is 0 Å². The quantitative estimate of drug-likeness (QED) is 0.860. The molecule has 0 saturated carbocycles. The Morgan fingerprint density at radius 1 is 1.47 bits per heavy atom. The van der Waals surface area contributed by atoms with Gasteiger partial charge in [-0.25, -0.2) is 4.98 Å². The summed E-state index contributed by atoms with van der Waals surface area (Å²) in [5.74, 6) is 0.581. The van der Waals surface area contributed by atoms with Gasteiger partial charge in [0.05, 0.1) is 6.54 Å². The summed E-state index contributed by atoms with van der Waals surface area (Å²) in [7, 11) is 0. The van der Waals surface area contributed by atoms with Crippen molar-refractivity contribution in [1.29, 1.82) is 0 Å². The number of nitrogens with zero attached hydrogens (tertiary/aromatic N) is 2. The molecule has 0 radical (unpaired) electrons. The van der Waals surface area contributed by atoms with Crippen LogP contribution in [0.2, 0.25) is 0 Å². The average molecular weight is 258 g/mol. The van der Waals surface area contributed by atoms with Crippen LogP contribution in [0.4, 0.5) is 5.69 Å². The van der Waals surface area contributed by atoms with E-state index in [9.17, 15) is 4.79 Å². The second-order valence-electron chi connectivity index (χ2n) is 4.38. The Balaban J connectivity index is 2.10. The third-order valence-corrected chi connectivity index (χ3v) is 3.09. The van der Waals surface area contributed by atoms with Crippen LogP contribution in [-0.4, -0.2) is 15.5 Å². The number of anilines is 1. The van der Waals surface area contributed by atoms with Gasteiger partial charge >= 0.3 is 0 Å². The number of amides is 1. The monoisotopic (exact) mass is 258 g/mol. The molecule has 0 saturated heterocycles. The van der Waals surface area contributed by atoms with Crippen LogP contribution in [0.3, 0.4) is 0 Å². The second-order valence-corrected chi connectivity index (χ2v) is 4.38. The van der Waals surface area contributed by atoms with Crippen molar-refractivity contribution in [2.45, 2.75) is 26.9 Å². The number of aryl methyl sites for hydroxylation is 2. The van der Waals surface area contributed by atoms with E-state index >= 15 is 0 Å². The van der Waals surface area contributed by atoms with Crippen LogP contribution in [0, 0.1) is 6.92 Å². The smallest absolute Gasteiger partial charge is 0.248 e. The number of imidazole rings is 1. The van der Waals surface area contributed by atoms with E-state index in [0.717, 1.165) is 23.6 Å². The third-order valence-electron chi connectivity index (χ3n) is 3.09. The van der Waals surface area contributed by atoms with Crippen LogP contribution in [0.25, 0.3) is 0 Å². The molecule has 1 aromatic heterocycles. The summed E-state index contributed by atoms with van der Waals surface area (Å²) in [5, 5.41) is 3.32. The first-order chi connectivity index (χ1) is 9.11. The van der Waals surface area contributed by atoms with Crippen molar-refractivity contribution in [2.75, 3.05) is 5.32 Å². The molecule has 0 aliphatic rings. The highest BCUT2D eigenvalue weighted by Gasteiger charge is 2.05. The van der Waals surface area contributed by atoms with Gasteiger partial charge in [0.25, 0.3) is 0 Å². The van der Waals surface area contributed by atoms with Gasteiger partial charge in [-0.05, 0) is 37.6 Å². The minimum absolute atomic E-state index is 0.406. The topological polar surface area (TPSA) is 72.9 Å². The first-order valence-corrected chi connectivity index (χ1v) is 6.26. The number of benzene rings is 1. The molecule has 2 aromatic rings. The lowest BCUT2D eigenvalue weighted by atomic mass is 10.1. The number of nitrogens with one attached hydrogen (secondary N) is 1. The Morgan fingerprint density at radius 3 is 2.89 bits per heavy atom. The molecule has 0 spiro atoms. The molecular weight excluding hydrogens is 240 g/mol. The maximum absolute atomic E-state index is 11.1. The summed E-state index contributed by atoms with van der Waals surface area (Å²) >= 11 is 0. The lowest BCUT2D eigenvalue weighted by Gasteiger charge is -2.11. The first kappa shape index (κ1) is 13.1. The zero-order valence-corrected chi connectivity index (χ0v) is 11.2. The molecule has 0 aliphatic heterocycles. The molecule has 0 atom stereocenters. The molecule has 19 heavy (non-hydrogen) atoms. The van der Waals surface area contributed by atoms with Crippen LogP contribution in [-0.2, 0) is 13.1 Å². The molecule has 0 bridgehead atoms. The Bertz CT molecular complexity index is 589. The number of rotatable bonds is 5. The lowest BCUT2D eigenvalue weighted by Crippen LogP contribution is -2.12. The molecule has 100 valence electrons. The third kappa shape index (κ3) is 2.93. The van der Waals surface area contributed by atoms with Gasteiger partial charge in [-0.1, -0.05) is 0 Å². The first-order valence-electron chi connectivity index (χ1n) is 6.26. The average Bonchev–Trinajstić information content (AvgIpc) is 2.84. The van der Waals surface area contributed by atoms with Gasteiger partial charge in [0.2, 0.25) is 5.91 Å². The number of hydrogen-bond donors (Lipinski definition) is 2. The van der Waals surface area contributed by atoms with Gasteiger partial charge in [-0.2, -0.15) is 0 Å². The summed E-state index contributed by atoms with van der Waals surface area (Å²) < 4.78 is 2.08. The number of carbonyl (C=O) groups excluding carboxylic acids is 1. The summed E-state index contributed by atoms with van der Waals surface area (Å²) in [6.45, 7) is 5.58. The van der Waals surface area contributed by atoms with Crippen LogP contribution >= 0.6 is 0 Å². The Kier molecular flexibility index (Phi) is 3.85. The number of carbonyl (C=O) groups is 1. The minimum atomic E-state index is -0.406. The second kappa shape index (κ2) is 5.56. The molecule has 5 nitrogen and oxygen atoms in total. The molecule has 0 fully saturated rings. The van der Waals surface area contributed by atoms with E-state index in [2.05, 4.69) is 21.8 Å². The van der Waals surface area contributed by atoms with Crippen molar-refractivity contribution in [3.63, 3.8) is 0 Å². The van der Waals surface area contributed by atoms with E-state index in [0.29, 0.717) is 12.1 Å². The van der Waals surface area contributed by atoms with E-state index in [-0.39, 0.29) is 0 Å². The Hall–Kier alpha value is -2.30. The Labute approximate surface area is 112 Å². The molecule has 1 aromatic carbocycles. The highest BCUT2D eigenvalue weighted by Crippen LogP contribution is 2.17. The molecule has 1 amide bonds. The summed E-state index contributed by atoms with van der Waals surface area (Å²) in [6, 6.07) is 5.38. The highest BCUT2D eigenvalue weighted by molar-refractivity contribution is 5.93. The van der Waals surface area contributed by atoms with Gasteiger partial charge in [-0.15, -0.1) is 0 Å².